The number of nitrogens with zero attached hydrogens (tertiary/aromatic N) is 2. The summed E-state index contributed by atoms with van der Waals surface area (Å²) >= 11 is 1.51. The summed E-state index contributed by atoms with van der Waals surface area (Å²) < 4.78 is 8.78. The number of fused-ring (bicyclic) bond motifs is 1. The van der Waals surface area contributed by atoms with Crippen LogP contribution < -0.4 is 10.5 Å². The van der Waals surface area contributed by atoms with Gasteiger partial charge in [0.2, 0.25) is 0 Å². The van der Waals surface area contributed by atoms with Gasteiger partial charge in [-0.15, -0.1) is 11.3 Å². The minimum absolute atomic E-state index is 0.105. The highest BCUT2D eigenvalue weighted by Crippen LogP contribution is 2.28. The Morgan fingerprint density at radius 1 is 1.40 bits per heavy atom. The van der Waals surface area contributed by atoms with E-state index in [-0.39, 0.29) is 5.84 Å². The van der Waals surface area contributed by atoms with E-state index in [4.69, 9.17) is 15.9 Å². The molecule has 2 heterocycles. The van der Waals surface area contributed by atoms with Gasteiger partial charge in [-0.2, -0.15) is 0 Å². The summed E-state index contributed by atoms with van der Waals surface area (Å²) in [6.45, 7) is 1.36. The monoisotopic (exact) mass is 286 g/mol. The maximum absolute atomic E-state index is 7.46. The summed E-state index contributed by atoms with van der Waals surface area (Å²) in [6.07, 6.45) is 5.43. The number of imidazole rings is 1. The number of rotatable bonds is 5. The molecule has 2 aromatic heterocycles. The number of benzene rings is 1. The van der Waals surface area contributed by atoms with E-state index in [1.54, 1.807) is 12.5 Å². The van der Waals surface area contributed by atoms with E-state index in [1.807, 2.05) is 35.0 Å². The third-order valence-corrected chi connectivity index (χ3v) is 4.07. The number of thiophene rings is 1. The second-order valence-electron chi connectivity index (χ2n) is 4.37. The largest absolute Gasteiger partial charge is 0.492 e. The van der Waals surface area contributed by atoms with Crippen LogP contribution in [0.4, 0.5) is 0 Å². The van der Waals surface area contributed by atoms with E-state index >= 15 is 0 Å². The molecule has 0 radical (unpaired) electrons. The Morgan fingerprint density at radius 2 is 2.30 bits per heavy atom. The van der Waals surface area contributed by atoms with Gasteiger partial charge in [0.15, 0.2) is 0 Å². The number of nitrogen functional groups attached to an aromatic ring is 1. The van der Waals surface area contributed by atoms with Gasteiger partial charge < -0.3 is 15.0 Å². The third kappa shape index (κ3) is 2.65. The van der Waals surface area contributed by atoms with Crippen molar-refractivity contribution in [3.8, 4) is 5.75 Å². The smallest absolute Gasteiger partial charge is 0.133 e. The third-order valence-electron chi connectivity index (χ3n) is 2.93. The molecule has 0 unspecified atom stereocenters. The Balaban J connectivity index is 1.70. The number of nitrogens with two attached hydrogens (primary N) is 1. The average molecular weight is 286 g/mol. The van der Waals surface area contributed by atoms with Gasteiger partial charge in [-0.3, -0.25) is 5.41 Å². The zero-order valence-corrected chi connectivity index (χ0v) is 11.6. The molecule has 0 aliphatic heterocycles. The summed E-state index contributed by atoms with van der Waals surface area (Å²) in [5, 5.41) is 8.55. The van der Waals surface area contributed by atoms with Crippen molar-refractivity contribution in [2.75, 3.05) is 6.61 Å². The fraction of sp³-hybridized carbons (Fsp3) is 0.143. The fourth-order valence-corrected chi connectivity index (χ4v) is 2.87. The lowest BCUT2D eigenvalue weighted by Gasteiger charge is -2.06. The lowest BCUT2D eigenvalue weighted by molar-refractivity contribution is 0.298. The molecule has 5 nitrogen and oxygen atoms in total. The number of hydrogen-bond acceptors (Lipinski definition) is 4. The lowest BCUT2D eigenvalue weighted by atomic mass is 10.2. The highest BCUT2D eigenvalue weighted by Gasteiger charge is 2.05. The molecule has 0 aliphatic carbocycles. The summed E-state index contributed by atoms with van der Waals surface area (Å²) in [6, 6.07) is 7.84. The molecule has 6 heteroatoms. The molecule has 0 saturated carbocycles. The molecule has 0 spiro atoms. The van der Waals surface area contributed by atoms with Crippen molar-refractivity contribution in [2.45, 2.75) is 6.54 Å². The molecule has 1 aromatic carbocycles. The minimum atomic E-state index is 0.105. The first-order valence-corrected chi connectivity index (χ1v) is 7.00. The lowest BCUT2D eigenvalue weighted by Crippen LogP contribution is -2.08. The molecule has 0 amide bonds. The number of ether oxygens (including phenoxy) is 1. The van der Waals surface area contributed by atoms with Crippen molar-refractivity contribution in [1.29, 1.82) is 5.41 Å². The molecular formula is C14H14N4OS. The standard InChI is InChI=1S/C14H14N4OS/c15-14(16)13-7-10-1-2-11(8-12(10)20-13)19-6-5-18-4-3-17-9-18/h1-4,7-9H,5-6H2,(H3,15,16). The number of nitrogens with one attached hydrogen (secondary N) is 1. The van der Waals surface area contributed by atoms with Crippen LogP contribution >= 0.6 is 11.3 Å². The quantitative estimate of drug-likeness (QED) is 0.558. The maximum atomic E-state index is 7.46. The van der Waals surface area contributed by atoms with E-state index < -0.39 is 0 Å². The van der Waals surface area contributed by atoms with E-state index in [0.29, 0.717) is 6.61 Å². The van der Waals surface area contributed by atoms with Crippen molar-refractivity contribution in [3.05, 3.63) is 47.9 Å². The fourth-order valence-electron chi connectivity index (χ4n) is 1.92. The Bertz CT molecular complexity index is 733. The van der Waals surface area contributed by atoms with Crippen molar-refractivity contribution in [2.24, 2.45) is 5.73 Å². The normalized spacial score (nSPS) is 10.8. The second kappa shape index (κ2) is 5.34. The van der Waals surface area contributed by atoms with Crippen LogP contribution in [-0.2, 0) is 6.54 Å². The molecule has 0 atom stereocenters. The predicted octanol–water partition coefficient (Wildman–Crippen LogP) is 2.46. The van der Waals surface area contributed by atoms with Crippen LogP contribution in [0.2, 0.25) is 0 Å². The van der Waals surface area contributed by atoms with Crippen LogP contribution in [-0.4, -0.2) is 22.0 Å². The van der Waals surface area contributed by atoms with Crippen molar-refractivity contribution < 1.29 is 4.74 Å². The van der Waals surface area contributed by atoms with Gasteiger partial charge in [0.1, 0.15) is 18.2 Å². The highest BCUT2D eigenvalue weighted by atomic mass is 32.1. The molecule has 0 fully saturated rings. The van der Waals surface area contributed by atoms with E-state index in [9.17, 15) is 0 Å². The summed E-state index contributed by atoms with van der Waals surface area (Å²) in [4.78, 5) is 4.77. The van der Waals surface area contributed by atoms with Crippen molar-refractivity contribution >= 4 is 27.3 Å². The molecule has 0 aliphatic rings. The SMILES string of the molecule is N=C(N)c1cc2ccc(OCCn3ccnc3)cc2s1. The van der Waals surface area contributed by atoms with Crippen LogP contribution in [0, 0.1) is 5.41 Å². The first kappa shape index (κ1) is 12.7. The van der Waals surface area contributed by atoms with Gasteiger partial charge in [-0.25, -0.2) is 4.98 Å². The second-order valence-corrected chi connectivity index (χ2v) is 5.46. The average Bonchev–Trinajstić information content (AvgIpc) is 3.06. The first-order chi connectivity index (χ1) is 9.72. The van der Waals surface area contributed by atoms with Crippen molar-refractivity contribution in [1.82, 2.24) is 9.55 Å². The van der Waals surface area contributed by atoms with Gasteiger partial charge in [0, 0.05) is 17.1 Å². The summed E-state index contributed by atoms with van der Waals surface area (Å²) in [7, 11) is 0. The zero-order valence-electron chi connectivity index (χ0n) is 10.7. The van der Waals surface area contributed by atoms with Gasteiger partial charge in [0.25, 0.3) is 0 Å². The molecule has 3 N–H and O–H groups in total. The Morgan fingerprint density at radius 3 is 3.05 bits per heavy atom. The molecule has 20 heavy (non-hydrogen) atoms. The Hall–Kier alpha value is -2.34. The van der Waals surface area contributed by atoms with E-state index in [0.717, 1.165) is 27.3 Å². The van der Waals surface area contributed by atoms with E-state index in [1.165, 1.54) is 11.3 Å². The molecule has 0 saturated heterocycles. The van der Waals surface area contributed by atoms with Gasteiger partial charge >= 0.3 is 0 Å². The molecule has 102 valence electrons. The van der Waals surface area contributed by atoms with Crippen LogP contribution in [0.3, 0.4) is 0 Å². The zero-order chi connectivity index (χ0) is 13.9. The minimum Gasteiger partial charge on any atom is -0.492 e. The molecule has 0 bridgehead atoms. The molecule has 3 aromatic rings. The van der Waals surface area contributed by atoms with Gasteiger partial charge in [-0.1, -0.05) is 0 Å². The molecular weight excluding hydrogens is 272 g/mol. The van der Waals surface area contributed by atoms with Crippen LogP contribution in [0.25, 0.3) is 10.1 Å². The Kier molecular flexibility index (Phi) is 3.39. The Labute approximate surface area is 120 Å². The topological polar surface area (TPSA) is 76.9 Å². The summed E-state index contributed by atoms with van der Waals surface area (Å²) in [5.41, 5.74) is 5.50. The van der Waals surface area contributed by atoms with Gasteiger partial charge in [-0.05, 0) is 29.7 Å². The van der Waals surface area contributed by atoms with Crippen LogP contribution in [0.15, 0.2) is 43.0 Å². The van der Waals surface area contributed by atoms with Crippen LogP contribution in [0.1, 0.15) is 4.88 Å². The first-order valence-electron chi connectivity index (χ1n) is 6.19. The maximum Gasteiger partial charge on any atom is 0.133 e. The predicted molar refractivity (Wildman–Crippen MR) is 80.6 cm³/mol. The molecule has 3 rings (SSSR count). The summed E-state index contributed by atoms with van der Waals surface area (Å²) in [5.74, 6) is 0.934. The van der Waals surface area contributed by atoms with E-state index in [2.05, 4.69) is 4.98 Å². The number of aromatic nitrogens is 2. The number of hydrogen-bond donors (Lipinski definition) is 2. The number of amidine groups is 1. The van der Waals surface area contributed by atoms with Crippen LogP contribution in [0.5, 0.6) is 5.75 Å². The highest BCUT2D eigenvalue weighted by molar-refractivity contribution is 7.20. The van der Waals surface area contributed by atoms with Crippen molar-refractivity contribution in [3.63, 3.8) is 0 Å². The van der Waals surface area contributed by atoms with Gasteiger partial charge in [0.05, 0.1) is 17.7 Å².